The first-order chi connectivity index (χ1) is 6.81. The molecule has 1 aromatic rings. The molecular weight excluding hydrogens is 182 g/mol. The summed E-state index contributed by atoms with van der Waals surface area (Å²) in [4.78, 5) is 1.83. The Morgan fingerprint density at radius 3 is 3.36 bits per heavy atom. The summed E-state index contributed by atoms with van der Waals surface area (Å²) in [5, 5.41) is 18.5. The fraction of sp³-hybridized carbons (Fsp3) is 0.500. The topological polar surface area (TPSA) is 90.5 Å². The Balaban J connectivity index is 2.20. The van der Waals surface area contributed by atoms with Crippen LogP contribution in [0.3, 0.4) is 0 Å². The number of nitrogens with zero attached hydrogens (tertiary/aromatic N) is 3. The quantitative estimate of drug-likeness (QED) is 0.232. The Kier molecular flexibility index (Phi) is 2.26. The maximum atomic E-state index is 8.58. The van der Waals surface area contributed by atoms with Crippen molar-refractivity contribution in [1.29, 1.82) is 0 Å². The number of oxime groups is 1. The van der Waals surface area contributed by atoms with Gasteiger partial charge in [0.1, 0.15) is 0 Å². The predicted octanol–water partition coefficient (Wildman–Crippen LogP) is -0.138. The van der Waals surface area contributed by atoms with Crippen LogP contribution in [0.15, 0.2) is 11.4 Å². The molecule has 0 bridgehead atoms. The maximum absolute atomic E-state index is 8.58. The lowest BCUT2D eigenvalue weighted by Gasteiger charge is -2.19. The minimum absolute atomic E-state index is 0.166. The van der Waals surface area contributed by atoms with Crippen LogP contribution in [0.1, 0.15) is 17.7 Å². The van der Waals surface area contributed by atoms with Gasteiger partial charge in [-0.2, -0.15) is 5.10 Å². The Morgan fingerprint density at radius 1 is 1.71 bits per heavy atom. The molecule has 0 fully saturated rings. The van der Waals surface area contributed by atoms with E-state index >= 15 is 0 Å². The lowest BCUT2D eigenvalue weighted by molar-refractivity contribution is 0.296. The van der Waals surface area contributed by atoms with Crippen LogP contribution in [0, 0.1) is 0 Å². The summed E-state index contributed by atoms with van der Waals surface area (Å²) < 4.78 is 0. The van der Waals surface area contributed by atoms with E-state index in [1.54, 1.807) is 6.20 Å². The fourth-order valence-corrected chi connectivity index (χ4v) is 1.68. The summed E-state index contributed by atoms with van der Waals surface area (Å²) >= 11 is 0. The van der Waals surface area contributed by atoms with Crippen molar-refractivity contribution < 1.29 is 5.21 Å². The monoisotopic (exact) mass is 195 g/mol. The molecular formula is C8H13N5O. The van der Waals surface area contributed by atoms with Crippen LogP contribution < -0.4 is 5.73 Å². The second-order valence-corrected chi connectivity index (χ2v) is 3.36. The first-order valence-electron chi connectivity index (χ1n) is 4.55. The second-order valence-electron chi connectivity index (χ2n) is 3.36. The first kappa shape index (κ1) is 8.86. The van der Waals surface area contributed by atoms with E-state index in [-0.39, 0.29) is 5.96 Å². The molecule has 6 nitrogen and oxygen atoms in total. The zero-order chi connectivity index (χ0) is 9.97. The van der Waals surface area contributed by atoms with Crippen LogP contribution in [-0.4, -0.2) is 32.8 Å². The van der Waals surface area contributed by atoms with Crippen LogP contribution in [0.2, 0.25) is 0 Å². The SMILES string of the molecule is N/C(=N/O)N1CCCc2[nH]ncc2C1. The number of nitrogens with two attached hydrogens (primary N) is 1. The van der Waals surface area contributed by atoms with Crippen molar-refractivity contribution in [2.24, 2.45) is 10.9 Å². The molecule has 0 saturated carbocycles. The number of hydrogen-bond acceptors (Lipinski definition) is 3. The van der Waals surface area contributed by atoms with Crippen LogP contribution in [0.4, 0.5) is 0 Å². The molecule has 1 aromatic heterocycles. The number of guanidine groups is 1. The van der Waals surface area contributed by atoms with Gasteiger partial charge < -0.3 is 15.8 Å². The van der Waals surface area contributed by atoms with Crippen molar-refractivity contribution in [1.82, 2.24) is 15.1 Å². The van der Waals surface area contributed by atoms with Crippen molar-refractivity contribution in [2.75, 3.05) is 6.54 Å². The van der Waals surface area contributed by atoms with Crippen LogP contribution in [-0.2, 0) is 13.0 Å². The van der Waals surface area contributed by atoms with Crippen molar-refractivity contribution in [3.63, 3.8) is 0 Å². The number of nitrogens with one attached hydrogen (secondary N) is 1. The standard InChI is InChI=1S/C8H13N5O/c9-8(12-14)13-3-1-2-7-6(5-13)4-10-11-7/h4,14H,1-3,5H2,(H2,9,12)(H,10,11). The summed E-state index contributed by atoms with van der Waals surface area (Å²) in [5.41, 5.74) is 7.81. The van der Waals surface area contributed by atoms with Gasteiger partial charge in [-0.25, -0.2) is 0 Å². The first-order valence-corrected chi connectivity index (χ1v) is 4.55. The number of fused-ring (bicyclic) bond motifs is 1. The average Bonchev–Trinajstić information content (AvgIpc) is 2.54. The number of aromatic amines is 1. The Bertz CT molecular complexity index is 345. The highest BCUT2D eigenvalue weighted by Gasteiger charge is 2.17. The zero-order valence-electron chi connectivity index (χ0n) is 7.77. The molecule has 14 heavy (non-hydrogen) atoms. The van der Waals surface area contributed by atoms with Gasteiger partial charge in [0, 0.05) is 24.3 Å². The maximum Gasteiger partial charge on any atom is 0.233 e. The molecule has 0 amide bonds. The van der Waals surface area contributed by atoms with Crippen LogP contribution >= 0.6 is 0 Å². The Labute approximate surface area is 81.4 Å². The molecule has 0 unspecified atom stereocenters. The van der Waals surface area contributed by atoms with Crippen LogP contribution in [0.25, 0.3) is 0 Å². The molecule has 2 heterocycles. The number of rotatable bonds is 0. The van der Waals surface area contributed by atoms with E-state index in [1.807, 2.05) is 4.90 Å². The van der Waals surface area contributed by atoms with Gasteiger partial charge in [0.15, 0.2) is 0 Å². The van der Waals surface area contributed by atoms with E-state index in [0.717, 1.165) is 30.6 Å². The summed E-state index contributed by atoms with van der Waals surface area (Å²) in [6.45, 7) is 1.46. The van der Waals surface area contributed by atoms with E-state index in [0.29, 0.717) is 6.54 Å². The smallest absolute Gasteiger partial charge is 0.233 e. The van der Waals surface area contributed by atoms with Gasteiger partial charge in [0.05, 0.1) is 6.20 Å². The average molecular weight is 195 g/mol. The summed E-state index contributed by atoms with van der Waals surface area (Å²) in [5.74, 6) is 0.166. The normalized spacial score (nSPS) is 17.7. The molecule has 0 aromatic carbocycles. The molecule has 76 valence electrons. The Morgan fingerprint density at radius 2 is 2.57 bits per heavy atom. The van der Waals surface area contributed by atoms with Gasteiger partial charge in [0.2, 0.25) is 5.96 Å². The summed E-state index contributed by atoms with van der Waals surface area (Å²) in [6.07, 6.45) is 3.73. The van der Waals surface area contributed by atoms with Gasteiger partial charge in [-0.1, -0.05) is 5.16 Å². The molecule has 6 heteroatoms. The van der Waals surface area contributed by atoms with E-state index in [9.17, 15) is 0 Å². The molecule has 2 rings (SSSR count). The minimum atomic E-state index is 0.166. The van der Waals surface area contributed by atoms with Gasteiger partial charge in [0.25, 0.3) is 0 Å². The summed E-state index contributed by atoms with van der Waals surface area (Å²) in [6, 6.07) is 0. The third-order valence-electron chi connectivity index (χ3n) is 2.45. The Hall–Kier alpha value is -1.72. The molecule has 4 N–H and O–H groups in total. The predicted molar refractivity (Wildman–Crippen MR) is 50.7 cm³/mol. The third-order valence-corrected chi connectivity index (χ3v) is 2.45. The molecule has 1 aliphatic rings. The molecule has 0 aliphatic carbocycles. The van der Waals surface area contributed by atoms with Crippen LogP contribution in [0.5, 0.6) is 0 Å². The van der Waals surface area contributed by atoms with Crippen molar-refractivity contribution >= 4 is 5.96 Å². The number of aromatic nitrogens is 2. The number of H-pyrrole nitrogens is 1. The van der Waals surface area contributed by atoms with Crippen molar-refractivity contribution in [2.45, 2.75) is 19.4 Å². The molecule has 0 atom stereocenters. The van der Waals surface area contributed by atoms with Crippen molar-refractivity contribution in [3.05, 3.63) is 17.5 Å². The third kappa shape index (κ3) is 1.50. The van der Waals surface area contributed by atoms with Gasteiger partial charge in [-0.3, -0.25) is 5.10 Å². The molecule has 0 radical (unpaired) electrons. The number of hydrogen-bond donors (Lipinski definition) is 3. The second kappa shape index (κ2) is 3.57. The van der Waals surface area contributed by atoms with Gasteiger partial charge >= 0.3 is 0 Å². The molecule has 1 aliphatic heterocycles. The highest BCUT2D eigenvalue weighted by Crippen LogP contribution is 2.15. The van der Waals surface area contributed by atoms with Gasteiger partial charge in [-0.05, 0) is 12.8 Å². The highest BCUT2D eigenvalue weighted by atomic mass is 16.4. The molecule has 0 saturated heterocycles. The summed E-state index contributed by atoms with van der Waals surface area (Å²) in [7, 11) is 0. The van der Waals surface area contributed by atoms with E-state index < -0.39 is 0 Å². The van der Waals surface area contributed by atoms with E-state index in [4.69, 9.17) is 10.9 Å². The zero-order valence-corrected chi connectivity index (χ0v) is 7.77. The highest BCUT2D eigenvalue weighted by molar-refractivity contribution is 5.77. The van der Waals surface area contributed by atoms with E-state index in [2.05, 4.69) is 15.4 Å². The van der Waals surface area contributed by atoms with E-state index in [1.165, 1.54) is 0 Å². The van der Waals surface area contributed by atoms with Gasteiger partial charge in [-0.15, -0.1) is 0 Å². The fourth-order valence-electron chi connectivity index (χ4n) is 1.68. The number of aryl methyl sites for hydroxylation is 1. The lowest BCUT2D eigenvalue weighted by Crippen LogP contribution is -2.36. The largest absolute Gasteiger partial charge is 0.408 e. The molecule has 0 spiro atoms. The minimum Gasteiger partial charge on any atom is -0.408 e. The van der Waals surface area contributed by atoms with Crippen molar-refractivity contribution in [3.8, 4) is 0 Å². The lowest BCUT2D eigenvalue weighted by atomic mass is 10.2.